The van der Waals surface area contributed by atoms with E-state index in [1.807, 2.05) is 42.3 Å². The number of hydrogen-bond acceptors (Lipinski definition) is 7. The number of likely N-dealkylation sites (N-methyl/N-ethyl adjacent to an activating group) is 2. The molecule has 35 heavy (non-hydrogen) atoms. The van der Waals surface area contributed by atoms with E-state index >= 15 is 0 Å². The average molecular weight is 525 g/mol. The van der Waals surface area contributed by atoms with Crippen LogP contribution >= 0.6 is 35.6 Å². The number of nitrogens with zero attached hydrogens (tertiary/aromatic N) is 4. The number of furan rings is 1. The number of thiocarbonyl (C=S) groups is 1. The van der Waals surface area contributed by atoms with Crippen molar-refractivity contribution in [2.24, 2.45) is 0 Å². The standard InChI is InChI=1S/C25H21ClN4O3S2/c1-28-14-19(15-7-9-27-10-8-15)25(22(32)30(23(34)35-25)13-17-4-3-11-33-17)24(28)18-12-16(26)5-6-20(18)29(2)21(24)31/h3-12,19H,13-14H2,1-2H3/t19-,24-,25+/m0/s1. The van der Waals surface area contributed by atoms with Gasteiger partial charge < -0.3 is 9.32 Å². The van der Waals surface area contributed by atoms with Crippen molar-refractivity contribution < 1.29 is 14.0 Å². The molecule has 3 aliphatic rings. The van der Waals surface area contributed by atoms with Crippen LogP contribution in [0.4, 0.5) is 5.69 Å². The Morgan fingerprint density at radius 2 is 1.94 bits per heavy atom. The predicted octanol–water partition coefficient (Wildman–Crippen LogP) is 4.03. The number of amides is 2. The SMILES string of the molecule is CN1C(=O)[C@]2(c3cc(Cl)ccc31)N(C)C[C@@H](c1ccncc1)[C@]21SC(=S)N(Cc2ccco2)C1=O. The topological polar surface area (TPSA) is 69.9 Å². The number of halogens is 1. The van der Waals surface area contributed by atoms with E-state index in [-0.39, 0.29) is 24.3 Å². The molecule has 3 atom stereocenters. The van der Waals surface area contributed by atoms with Gasteiger partial charge in [0.2, 0.25) is 5.91 Å². The molecule has 3 aromatic rings. The molecule has 178 valence electrons. The van der Waals surface area contributed by atoms with Gasteiger partial charge in [-0.05, 0) is 55.1 Å². The first-order valence-electron chi connectivity index (χ1n) is 11.1. The van der Waals surface area contributed by atoms with Gasteiger partial charge in [0.25, 0.3) is 5.91 Å². The van der Waals surface area contributed by atoms with Crippen LogP contribution in [0.1, 0.15) is 22.8 Å². The molecule has 0 N–H and O–H groups in total. The van der Waals surface area contributed by atoms with Crippen molar-refractivity contribution in [2.75, 3.05) is 25.5 Å². The Bertz CT molecular complexity index is 1370. The lowest BCUT2D eigenvalue weighted by atomic mass is 9.72. The molecule has 3 aliphatic heterocycles. The molecule has 0 unspecified atom stereocenters. The predicted molar refractivity (Wildman–Crippen MR) is 138 cm³/mol. The molecule has 0 radical (unpaired) electrons. The molecule has 2 saturated heterocycles. The highest BCUT2D eigenvalue weighted by atomic mass is 35.5. The number of carbonyl (C=O) groups is 2. The van der Waals surface area contributed by atoms with E-state index < -0.39 is 10.3 Å². The van der Waals surface area contributed by atoms with Crippen LogP contribution < -0.4 is 4.90 Å². The lowest BCUT2D eigenvalue weighted by Gasteiger charge is -2.42. The van der Waals surface area contributed by atoms with E-state index in [2.05, 4.69) is 4.98 Å². The minimum Gasteiger partial charge on any atom is -0.467 e. The second kappa shape index (κ2) is 7.89. The van der Waals surface area contributed by atoms with Crippen LogP contribution in [0.25, 0.3) is 0 Å². The fraction of sp³-hybridized carbons (Fsp3) is 0.280. The number of likely N-dealkylation sites (tertiary alicyclic amines) is 1. The van der Waals surface area contributed by atoms with Crippen LogP contribution in [-0.2, 0) is 21.7 Å². The van der Waals surface area contributed by atoms with Crippen molar-refractivity contribution in [1.82, 2.24) is 14.8 Å². The second-order valence-electron chi connectivity index (χ2n) is 9.02. The van der Waals surface area contributed by atoms with E-state index in [4.69, 9.17) is 28.2 Å². The van der Waals surface area contributed by atoms with Crippen molar-refractivity contribution in [1.29, 1.82) is 0 Å². The van der Waals surface area contributed by atoms with Gasteiger partial charge in [0.1, 0.15) is 14.8 Å². The number of anilines is 1. The summed E-state index contributed by atoms with van der Waals surface area (Å²) in [5, 5.41) is 0.507. The van der Waals surface area contributed by atoms with E-state index in [1.54, 1.807) is 47.6 Å². The molecule has 2 fully saturated rings. The van der Waals surface area contributed by atoms with Gasteiger partial charge in [0, 0.05) is 48.2 Å². The minimum atomic E-state index is -1.29. The van der Waals surface area contributed by atoms with Crippen LogP contribution in [0.15, 0.2) is 65.5 Å². The fourth-order valence-corrected chi connectivity index (χ4v) is 8.26. The van der Waals surface area contributed by atoms with Gasteiger partial charge in [-0.1, -0.05) is 35.6 Å². The maximum atomic E-state index is 14.6. The summed E-state index contributed by atoms with van der Waals surface area (Å²) in [6, 6.07) is 12.8. The monoisotopic (exact) mass is 524 g/mol. The van der Waals surface area contributed by atoms with Gasteiger partial charge in [-0.25, -0.2) is 0 Å². The highest BCUT2D eigenvalue weighted by Crippen LogP contribution is 2.66. The van der Waals surface area contributed by atoms with Crippen molar-refractivity contribution >= 4 is 57.4 Å². The average Bonchev–Trinajstić information content (AvgIpc) is 3.57. The molecular formula is C25H21ClN4O3S2. The summed E-state index contributed by atoms with van der Waals surface area (Å²) in [6.07, 6.45) is 5.00. The first kappa shape index (κ1) is 22.7. The van der Waals surface area contributed by atoms with Crippen molar-refractivity contribution in [2.45, 2.75) is 22.7 Å². The third-order valence-corrected chi connectivity index (χ3v) is 9.59. The number of carbonyl (C=O) groups excluding carboxylic acids is 2. The summed E-state index contributed by atoms with van der Waals surface area (Å²) < 4.78 is 4.71. The Balaban J connectivity index is 1.62. The molecule has 2 aromatic heterocycles. The molecule has 2 amide bonds. The molecule has 0 aliphatic carbocycles. The Morgan fingerprint density at radius 3 is 2.66 bits per heavy atom. The summed E-state index contributed by atoms with van der Waals surface area (Å²) in [6.45, 7) is 0.681. The van der Waals surface area contributed by atoms with Gasteiger partial charge in [-0.15, -0.1) is 0 Å². The summed E-state index contributed by atoms with van der Waals surface area (Å²) in [5.41, 5.74) is 1.10. The van der Waals surface area contributed by atoms with Crippen LogP contribution in [-0.4, -0.2) is 56.3 Å². The number of rotatable bonds is 3. The number of aromatic nitrogens is 1. The first-order valence-corrected chi connectivity index (χ1v) is 12.7. The van der Waals surface area contributed by atoms with E-state index in [0.717, 1.165) is 16.8 Å². The van der Waals surface area contributed by atoms with E-state index in [1.165, 1.54) is 11.8 Å². The number of benzene rings is 1. The van der Waals surface area contributed by atoms with Crippen LogP contribution in [0.5, 0.6) is 0 Å². The highest BCUT2D eigenvalue weighted by molar-refractivity contribution is 8.25. The minimum absolute atomic E-state index is 0.169. The number of thioether (sulfide) groups is 1. The zero-order valence-corrected chi connectivity index (χ0v) is 21.4. The quantitative estimate of drug-likeness (QED) is 0.479. The Labute approximate surface area is 217 Å². The molecule has 0 bridgehead atoms. The van der Waals surface area contributed by atoms with Crippen LogP contribution in [0.2, 0.25) is 5.02 Å². The van der Waals surface area contributed by atoms with Crippen LogP contribution in [0, 0.1) is 0 Å². The van der Waals surface area contributed by atoms with Gasteiger partial charge in [0.05, 0.1) is 12.8 Å². The van der Waals surface area contributed by atoms with Gasteiger partial charge in [-0.2, -0.15) is 0 Å². The Hall–Kier alpha value is -2.72. The highest BCUT2D eigenvalue weighted by Gasteiger charge is 2.78. The number of fused-ring (bicyclic) bond motifs is 3. The number of pyridine rings is 1. The van der Waals surface area contributed by atoms with Gasteiger partial charge in [-0.3, -0.25) is 24.4 Å². The summed E-state index contributed by atoms with van der Waals surface area (Å²) in [4.78, 5) is 38.3. The molecule has 0 saturated carbocycles. The smallest absolute Gasteiger partial charge is 0.254 e. The van der Waals surface area contributed by atoms with Crippen molar-refractivity contribution in [3.63, 3.8) is 0 Å². The summed E-state index contributed by atoms with van der Waals surface area (Å²) in [7, 11) is 3.64. The summed E-state index contributed by atoms with van der Waals surface area (Å²) >= 11 is 13.6. The first-order chi connectivity index (χ1) is 16.8. The molecule has 7 nitrogen and oxygen atoms in total. The maximum Gasteiger partial charge on any atom is 0.254 e. The van der Waals surface area contributed by atoms with E-state index in [0.29, 0.717) is 21.6 Å². The van der Waals surface area contributed by atoms with Crippen molar-refractivity contribution in [3.8, 4) is 0 Å². The third kappa shape index (κ3) is 2.83. The zero-order valence-electron chi connectivity index (χ0n) is 19.0. The lowest BCUT2D eigenvalue weighted by molar-refractivity contribution is -0.139. The fourth-order valence-electron chi connectivity index (χ4n) is 5.96. The largest absolute Gasteiger partial charge is 0.467 e. The lowest BCUT2D eigenvalue weighted by Crippen LogP contribution is -2.62. The zero-order chi connectivity index (χ0) is 24.5. The molecule has 10 heteroatoms. The molecule has 1 aromatic carbocycles. The normalized spacial score (nSPS) is 28.2. The maximum absolute atomic E-state index is 14.6. The Kier molecular flexibility index (Phi) is 5.12. The molecule has 5 heterocycles. The molecule has 6 rings (SSSR count). The molecule has 2 spiro atoms. The Morgan fingerprint density at radius 1 is 1.17 bits per heavy atom. The van der Waals surface area contributed by atoms with Gasteiger partial charge in [0.15, 0.2) is 5.54 Å². The van der Waals surface area contributed by atoms with Gasteiger partial charge >= 0.3 is 0 Å². The summed E-state index contributed by atoms with van der Waals surface area (Å²) in [5.74, 6) is -0.0747. The number of hydrogen-bond donors (Lipinski definition) is 0. The third-order valence-electron chi connectivity index (χ3n) is 7.42. The van der Waals surface area contributed by atoms with Crippen molar-refractivity contribution in [3.05, 3.63) is 83.0 Å². The van der Waals surface area contributed by atoms with Crippen LogP contribution in [0.3, 0.4) is 0 Å². The second-order valence-corrected chi connectivity index (χ2v) is 11.3. The molecular weight excluding hydrogens is 504 g/mol. The van der Waals surface area contributed by atoms with E-state index in [9.17, 15) is 9.59 Å².